The molecule has 0 unspecified atom stereocenters. The van der Waals surface area contributed by atoms with Gasteiger partial charge in [0.2, 0.25) is 6.71 Å². The van der Waals surface area contributed by atoms with Gasteiger partial charge >= 0.3 is 0 Å². The average molecular weight is 651 g/mol. The van der Waals surface area contributed by atoms with Crippen LogP contribution in [0.3, 0.4) is 0 Å². The van der Waals surface area contributed by atoms with Crippen LogP contribution in [-0.4, -0.2) is 35.4 Å². The second-order valence-electron chi connectivity index (χ2n) is 12.2. The fourth-order valence-electron chi connectivity index (χ4n) is 7.47. The Morgan fingerprint density at radius 1 is 0.458 bits per heavy atom. The van der Waals surface area contributed by atoms with Gasteiger partial charge in [-0.2, -0.15) is 0 Å². The Labute approximate surface area is 284 Å². The Balaban J connectivity index is 1.17. The van der Waals surface area contributed by atoms with Gasteiger partial charge in [0, 0.05) is 25.3 Å². The van der Waals surface area contributed by atoms with E-state index in [9.17, 15) is 0 Å². The summed E-state index contributed by atoms with van der Waals surface area (Å²) in [7, 11) is 0. The van der Waals surface area contributed by atoms with Crippen LogP contribution in [0, 0.1) is 0 Å². The van der Waals surface area contributed by atoms with Crippen LogP contribution in [0.15, 0.2) is 160 Å². The van der Waals surface area contributed by atoms with Crippen molar-refractivity contribution in [2.24, 2.45) is 0 Å². The third-order valence-corrected chi connectivity index (χ3v) is 12.1. The number of aromatic nitrogens is 6. The predicted molar refractivity (Wildman–Crippen MR) is 196 cm³/mol. The normalized spacial score (nSPS) is 13.2. The van der Waals surface area contributed by atoms with Crippen LogP contribution in [0.2, 0.25) is 0 Å². The summed E-state index contributed by atoms with van der Waals surface area (Å²) in [6.07, 6.45) is 5.87. The lowest BCUT2D eigenvalue weighted by Crippen LogP contribution is -2.58. The molecule has 9 aromatic rings. The molecule has 224 valence electrons. The van der Waals surface area contributed by atoms with Gasteiger partial charge in [-0.25, -0.2) is 15.0 Å². The molecule has 2 aliphatic heterocycles. The minimum Gasteiger partial charge on any atom is -0.299 e. The Morgan fingerprint density at radius 2 is 1.02 bits per heavy atom. The van der Waals surface area contributed by atoms with E-state index >= 15 is 0 Å². The summed E-state index contributed by atoms with van der Waals surface area (Å²) in [5.41, 5.74) is 13.7. The van der Waals surface area contributed by atoms with Gasteiger partial charge in [-0.05, 0) is 78.3 Å². The van der Waals surface area contributed by atoms with Crippen molar-refractivity contribution >= 4 is 79.7 Å². The summed E-state index contributed by atoms with van der Waals surface area (Å²) >= 11 is 3.74. The van der Waals surface area contributed by atoms with Crippen molar-refractivity contribution in [3.8, 4) is 17.1 Å². The fourth-order valence-corrected chi connectivity index (χ4v) is 10.1. The third kappa shape index (κ3) is 3.71. The molecule has 9 heteroatoms. The maximum Gasteiger partial charge on any atom is 0.247 e. The van der Waals surface area contributed by atoms with E-state index in [0.29, 0.717) is 0 Å². The minimum atomic E-state index is 0.0432. The number of hydrogen-bond donors (Lipinski definition) is 0. The van der Waals surface area contributed by atoms with Crippen molar-refractivity contribution in [3.05, 3.63) is 140 Å². The lowest BCUT2D eigenvalue weighted by molar-refractivity contribution is 1.05. The van der Waals surface area contributed by atoms with Crippen LogP contribution in [0.4, 0.5) is 0 Å². The molecule has 0 N–H and O–H groups in total. The van der Waals surface area contributed by atoms with Gasteiger partial charge in [0.05, 0.1) is 44.5 Å². The first-order valence-corrected chi connectivity index (χ1v) is 17.5. The van der Waals surface area contributed by atoms with E-state index < -0.39 is 0 Å². The van der Waals surface area contributed by atoms with Crippen LogP contribution in [-0.2, 0) is 0 Å². The first-order chi connectivity index (χ1) is 23.8. The molecule has 0 saturated heterocycles. The number of imidazole rings is 3. The molecule has 11 rings (SSSR count). The number of hydrogen-bond acceptors (Lipinski definition) is 5. The summed E-state index contributed by atoms with van der Waals surface area (Å²) in [6.45, 7) is 0.0432. The van der Waals surface area contributed by atoms with Crippen molar-refractivity contribution in [1.82, 2.24) is 28.7 Å². The largest absolute Gasteiger partial charge is 0.299 e. The van der Waals surface area contributed by atoms with Crippen molar-refractivity contribution in [2.75, 3.05) is 0 Å². The van der Waals surface area contributed by atoms with E-state index in [1.807, 2.05) is 60.7 Å². The highest BCUT2D eigenvalue weighted by Crippen LogP contribution is 2.43. The fraction of sp³-hybridized carbons (Fsp3) is 0. The number of para-hydroxylation sites is 6. The molecular weight excluding hydrogens is 627 g/mol. The zero-order valence-electron chi connectivity index (χ0n) is 25.4. The van der Waals surface area contributed by atoms with Crippen molar-refractivity contribution < 1.29 is 0 Å². The lowest BCUT2D eigenvalue weighted by atomic mass is 9.36. The van der Waals surface area contributed by atoms with E-state index in [-0.39, 0.29) is 6.71 Å². The summed E-state index contributed by atoms with van der Waals surface area (Å²) in [5, 5.41) is 0. The van der Waals surface area contributed by atoms with E-state index in [1.165, 1.54) is 36.0 Å². The second-order valence-corrected chi connectivity index (χ2v) is 14.3. The standard InChI is InChI=1S/C39H23BN6S2/c1-4-12-30-27(9-1)41-21-44(30)24-16-18-35-26(20-24)40-25-8-7-15-33(45-22-42-28-10-2-5-13-31(28)45)38(25)48-36-19-17-34(39(47-35)37(36)40)46-23-43-29-11-3-6-14-32(29)46/h1-23H. The highest BCUT2D eigenvalue weighted by molar-refractivity contribution is 8.01. The SMILES string of the molecule is c1cc2c(c(-n3cnc4ccccc43)c1)Sc1ccc(-n3cnc4ccccc43)c3c1B2c1cc(-n2cnc4ccccc42)ccc1S3. The van der Waals surface area contributed by atoms with Gasteiger partial charge in [0.25, 0.3) is 0 Å². The third-order valence-electron chi connectivity index (χ3n) is 9.65. The van der Waals surface area contributed by atoms with Gasteiger partial charge in [-0.15, -0.1) is 0 Å². The van der Waals surface area contributed by atoms with E-state index in [1.54, 1.807) is 0 Å². The number of fused-ring (bicyclic) bond motifs is 7. The van der Waals surface area contributed by atoms with Gasteiger partial charge in [-0.3, -0.25) is 13.7 Å². The van der Waals surface area contributed by atoms with Gasteiger partial charge in [0.15, 0.2) is 0 Å². The summed E-state index contributed by atoms with van der Waals surface area (Å²) in [5.74, 6) is 0. The molecule has 0 radical (unpaired) electrons. The molecule has 6 aromatic carbocycles. The van der Waals surface area contributed by atoms with E-state index in [2.05, 4.69) is 117 Å². The molecule has 0 amide bonds. The van der Waals surface area contributed by atoms with Crippen LogP contribution < -0.4 is 16.4 Å². The molecule has 0 aliphatic carbocycles. The van der Waals surface area contributed by atoms with Gasteiger partial charge < -0.3 is 0 Å². The maximum atomic E-state index is 4.76. The van der Waals surface area contributed by atoms with Crippen molar-refractivity contribution in [3.63, 3.8) is 0 Å². The summed E-state index contributed by atoms with van der Waals surface area (Å²) in [4.78, 5) is 19.3. The molecule has 0 saturated carbocycles. The van der Waals surface area contributed by atoms with E-state index in [0.717, 1.165) is 50.2 Å². The van der Waals surface area contributed by atoms with Crippen molar-refractivity contribution in [2.45, 2.75) is 19.6 Å². The van der Waals surface area contributed by atoms with Crippen LogP contribution in [0.5, 0.6) is 0 Å². The highest BCUT2D eigenvalue weighted by Gasteiger charge is 2.40. The molecule has 2 aliphatic rings. The highest BCUT2D eigenvalue weighted by atomic mass is 32.2. The first-order valence-electron chi connectivity index (χ1n) is 15.9. The summed E-state index contributed by atoms with van der Waals surface area (Å²) in [6, 6.07) is 43.3. The Hall–Kier alpha value is -5.51. The topological polar surface area (TPSA) is 53.5 Å². The molecule has 0 fully saturated rings. The Bertz CT molecular complexity index is 2780. The quantitative estimate of drug-likeness (QED) is 0.190. The zero-order valence-corrected chi connectivity index (χ0v) is 27.0. The average Bonchev–Trinajstić information content (AvgIpc) is 3.88. The Kier molecular flexibility index (Phi) is 5.53. The van der Waals surface area contributed by atoms with Crippen LogP contribution in [0.1, 0.15) is 0 Å². The molecule has 3 aromatic heterocycles. The zero-order chi connectivity index (χ0) is 31.3. The maximum absolute atomic E-state index is 4.76. The van der Waals surface area contributed by atoms with Crippen LogP contribution in [0.25, 0.3) is 50.2 Å². The lowest BCUT2D eigenvalue weighted by Gasteiger charge is -2.35. The predicted octanol–water partition coefficient (Wildman–Crippen LogP) is 7.15. The molecule has 0 bridgehead atoms. The van der Waals surface area contributed by atoms with E-state index in [4.69, 9.17) is 15.0 Å². The molecule has 0 spiro atoms. The summed E-state index contributed by atoms with van der Waals surface area (Å²) < 4.78 is 6.70. The van der Waals surface area contributed by atoms with Gasteiger partial charge in [-0.1, -0.05) is 83.0 Å². The smallest absolute Gasteiger partial charge is 0.247 e. The van der Waals surface area contributed by atoms with Crippen LogP contribution >= 0.6 is 23.5 Å². The Morgan fingerprint density at radius 3 is 1.71 bits per heavy atom. The number of rotatable bonds is 3. The number of nitrogens with zero attached hydrogens (tertiary/aromatic N) is 6. The molecule has 48 heavy (non-hydrogen) atoms. The number of benzene rings is 6. The first kappa shape index (κ1) is 26.6. The minimum absolute atomic E-state index is 0.0432. The van der Waals surface area contributed by atoms with Crippen molar-refractivity contribution in [1.29, 1.82) is 0 Å². The molecular formula is C39H23BN6S2. The molecule has 6 nitrogen and oxygen atoms in total. The second kappa shape index (κ2) is 10.00. The molecule has 0 atom stereocenters. The molecule has 5 heterocycles. The monoisotopic (exact) mass is 650 g/mol. The van der Waals surface area contributed by atoms with Gasteiger partial charge in [0.1, 0.15) is 19.0 Å².